The van der Waals surface area contributed by atoms with Crippen LogP contribution in [0.2, 0.25) is 5.02 Å². The van der Waals surface area contributed by atoms with Crippen LogP contribution >= 0.6 is 11.6 Å². The van der Waals surface area contributed by atoms with Gasteiger partial charge in [0.05, 0.1) is 17.8 Å². The summed E-state index contributed by atoms with van der Waals surface area (Å²) in [5, 5.41) is 12.4. The fraction of sp³-hybridized carbons (Fsp3) is 0.0769. The Labute approximate surface area is 110 Å². The van der Waals surface area contributed by atoms with Crippen LogP contribution in [0.4, 0.5) is 11.5 Å². The minimum atomic E-state index is 0.346. The van der Waals surface area contributed by atoms with E-state index in [4.69, 9.17) is 21.6 Å². The predicted molar refractivity (Wildman–Crippen MR) is 70.2 cm³/mol. The second-order valence-electron chi connectivity index (χ2n) is 3.49. The van der Waals surface area contributed by atoms with Crippen LogP contribution < -0.4 is 10.1 Å². The van der Waals surface area contributed by atoms with E-state index >= 15 is 0 Å². The lowest BCUT2D eigenvalue weighted by atomic mass is 10.3. The third-order valence-corrected chi connectivity index (χ3v) is 2.63. The Bertz CT molecular complexity index is 607. The van der Waals surface area contributed by atoms with Gasteiger partial charge in [0.1, 0.15) is 23.3 Å². The average molecular weight is 260 g/mol. The first kappa shape index (κ1) is 12.2. The molecule has 18 heavy (non-hydrogen) atoms. The summed E-state index contributed by atoms with van der Waals surface area (Å²) < 4.78 is 5.12. The Hall–Kier alpha value is -2.25. The minimum Gasteiger partial charge on any atom is -0.497 e. The zero-order chi connectivity index (χ0) is 13.0. The summed E-state index contributed by atoms with van der Waals surface area (Å²) in [6.45, 7) is 0. The van der Waals surface area contributed by atoms with Crippen LogP contribution in [0, 0.1) is 11.3 Å². The van der Waals surface area contributed by atoms with Gasteiger partial charge in [-0.2, -0.15) is 5.26 Å². The van der Waals surface area contributed by atoms with E-state index < -0.39 is 0 Å². The number of ether oxygens (including phenoxy) is 1. The third kappa shape index (κ3) is 2.70. The number of nitrogens with zero attached hydrogens (tertiary/aromatic N) is 2. The number of anilines is 2. The number of halogens is 1. The molecule has 0 spiro atoms. The van der Waals surface area contributed by atoms with Gasteiger partial charge in [-0.15, -0.1) is 0 Å². The smallest absolute Gasteiger partial charge is 0.142 e. The quantitative estimate of drug-likeness (QED) is 0.918. The molecule has 5 heteroatoms. The van der Waals surface area contributed by atoms with Crippen molar-refractivity contribution in [3.8, 4) is 11.8 Å². The van der Waals surface area contributed by atoms with Gasteiger partial charge in [-0.25, -0.2) is 4.98 Å². The molecular weight excluding hydrogens is 250 g/mol. The topological polar surface area (TPSA) is 57.9 Å². The number of benzene rings is 1. The molecule has 90 valence electrons. The number of methoxy groups -OCH3 is 1. The maximum absolute atomic E-state index is 8.78. The monoisotopic (exact) mass is 259 g/mol. The van der Waals surface area contributed by atoms with Crippen molar-refractivity contribution in [3.63, 3.8) is 0 Å². The molecule has 0 radical (unpaired) electrons. The van der Waals surface area contributed by atoms with Gasteiger partial charge >= 0.3 is 0 Å². The number of nitriles is 1. The Morgan fingerprint density at radius 3 is 2.89 bits per heavy atom. The molecule has 2 aromatic rings. The molecule has 0 aliphatic carbocycles. The average Bonchev–Trinajstić information content (AvgIpc) is 2.41. The first-order valence-corrected chi connectivity index (χ1v) is 5.58. The molecule has 0 saturated heterocycles. The van der Waals surface area contributed by atoms with E-state index in [0.29, 0.717) is 28.0 Å². The number of pyridine rings is 1. The molecule has 0 saturated carbocycles. The van der Waals surface area contributed by atoms with Gasteiger partial charge in [0.25, 0.3) is 0 Å². The maximum Gasteiger partial charge on any atom is 0.142 e. The number of hydrogen-bond donors (Lipinski definition) is 1. The molecule has 0 unspecified atom stereocenters. The van der Waals surface area contributed by atoms with Gasteiger partial charge in [0.15, 0.2) is 0 Å². The summed E-state index contributed by atoms with van der Waals surface area (Å²) in [7, 11) is 1.58. The number of nitrogens with one attached hydrogen (secondary N) is 1. The SMILES string of the molecule is COc1ccc(Cl)c(Nc2cccc(C#N)n2)c1. The summed E-state index contributed by atoms with van der Waals surface area (Å²) >= 11 is 6.07. The Morgan fingerprint density at radius 1 is 1.33 bits per heavy atom. The van der Waals surface area contributed by atoms with Gasteiger partial charge in [-0.3, -0.25) is 0 Å². The second kappa shape index (κ2) is 5.39. The van der Waals surface area contributed by atoms with Gasteiger partial charge < -0.3 is 10.1 Å². The number of rotatable bonds is 3. The molecule has 0 fully saturated rings. The molecule has 0 aliphatic heterocycles. The highest BCUT2D eigenvalue weighted by atomic mass is 35.5. The normalized spacial score (nSPS) is 9.61. The lowest BCUT2D eigenvalue weighted by Gasteiger charge is -2.09. The summed E-state index contributed by atoms with van der Waals surface area (Å²) in [6, 6.07) is 12.4. The molecule has 2 rings (SSSR count). The molecule has 0 bridgehead atoms. The Kier molecular flexibility index (Phi) is 3.66. The predicted octanol–water partition coefficient (Wildman–Crippen LogP) is 3.36. The highest BCUT2D eigenvalue weighted by Crippen LogP contribution is 2.28. The molecule has 1 heterocycles. The van der Waals surface area contributed by atoms with Crippen molar-refractivity contribution in [3.05, 3.63) is 47.1 Å². The Morgan fingerprint density at radius 2 is 2.17 bits per heavy atom. The lowest BCUT2D eigenvalue weighted by molar-refractivity contribution is 0.415. The van der Waals surface area contributed by atoms with E-state index in [-0.39, 0.29) is 0 Å². The van der Waals surface area contributed by atoms with Crippen molar-refractivity contribution in [1.82, 2.24) is 4.98 Å². The molecular formula is C13H10ClN3O. The van der Waals surface area contributed by atoms with Crippen molar-refractivity contribution >= 4 is 23.1 Å². The molecule has 0 aliphatic rings. The van der Waals surface area contributed by atoms with Crippen molar-refractivity contribution in [1.29, 1.82) is 5.26 Å². The number of aromatic nitrogens is 1. The molecule has 4 nitrogen and oxygen atoms in total. The summed E-state index contributed by atoms with van der Waals surface area (Å²) in [5.74, 6) is 1.25. The summed E-state index contributed by atoms with van der Waals surface area (Å²) in [4.78, 5) is 4.11. The van der Waals surface area contributed by atoms with E-state index in [2.05, 4.69) is 10.3 Å². The second-order valence-corrected chi connectivity index (χ2v) is 3.90. The first-order valence-electron chi connectivity index (χ1n) is 5.20. The zero-order valence-electron chi connectivity index (χ0n) is 9.64. The van der Waals surface area contributed by atoms with E-state index in [9.17, 15) is 0 Å². The van der Waals surface area contributed by atoms with Crippen LogP contribution in [0.25, 0.3) is 0 Å². The van der Waals surface area contributed by atoms with E-state index in [1.165, 1.54) is 0 Å². The molecule has 1 aromatic heterocycles. The van der Waals surface area contributed by atoms with Crippen LogP contribution in [0.1, 0.15) is 5.69 Å². The standard InChI is InChI=1S/C13H10ClN3O/c1-18-10-5-6-11(14)12(7-10)17-13-4-2-3-9(8-15)16-13/h2-7H,1H3,(H,16,17). The van der Waals surface area contributed by atoms with Crippen molar-refractivity contribution in [2.45, 2.75) is 0 Å². The Balaban J connectivity index is 2.30. The minimum absolute atomic E-state index is 0.346. The van der Waals surface area contributed by atoms with Crippen molar-refractivity contribution in [2.75, 3.05) is 12.4 Å². The van der Waals surface area contributed by atoms with Crippen LogP contribution in [-0.2, 0) is 0 Å². The lowest BCUT2D eigenvalue weighted by Crippen LogP contribution is -1.96. The highest BCUT2D eigenvalue weighted by Gasteiger charge is 2.04. The van der Waals surface area contributed by atoms with Crippen molar-refractivity contribution < 1.29 is 4.74 Å². The van der Waals surface area contributed by atoms with Crippen LogP contribution in [-0.4, -0.2) is 12.1 Å². The summed E-state index contributed by atoms with van der Waals surface area (Å²) in [6.07, 6.45) is 0. The van der Waals surface area contributed by atoms with Crippen LogP contribution in [0.3, 0.4) is 0 Å². The fourth-order valence-electron chi connectivity index (χ4n) is 1.43. The van der Waals surface area contributed by atoms with E-state index in [1.54, 1.807) is 43.5 Å². The number of hydrogen-bond acceptors (Lipinski definition) is 4. The van der Waals surface area contributed by atoms with Gasteiger partial charge in [-0.05, 0) is 24.3 Å². The largest absolute Gasteiger partial charge is 0.497 e. The third-order valence-electron chi connectivity index (χ3n) is 2.30. The molecule has 0 atom stereocenters. The van der Waals surface area contributed by atoms with Gasteiger partial charge in [-0.1, -0.05) is 17.7 Å². The fourth-order valence-corrected chi connectivity index (χ4v) is 1.60. The zero-order valence-corrected chi connectivity index (χ0v) is 10.4. The summed E-state index contributed by atoms with van der Waals surface area (Å²) in [5.41, 5.74) is 1.03. The van der Waals surface area contributed by atoms with Crippen LogP contribution in [0.15, 0.2) is 36.4 Å². The van der Waals surface area contributed by atoms with Gasteiger partial charge in [0, 0.05) is 6.07 Å². The molecule has 0 amide bonds. The maximum atomic E-state index is 8.78. The van der Waals surface area contributed by atoms with Crippen molar-refractivity contribution in [2.24, 2.45) is 0 Å². The van der Waals surface area contributed by atoms with Crippen LogP contribution in [0.5, 0.6) is 5.75 Å². The molecule has 1 aromatic carbocycles. The highest BCUT2D eigenvalue weighted by molar-refractivity contribution is 6.33. The first-order chi connectivity index (χ1) is 8.72. The van der Waals surface area contributed by atoms with Gasteiger partial charge in [0.2, 0.25) is 0 Å². The molecule has 1 N–H and O–H groups in total. The van der Waals surface area contributed by atoms with E-state index in [1.807, 2.05) is 6.07 Å². The van der Waals surface area contributed by atoms with E-state index in [0.717, 1.165) is 0 Å².